The van der Waals surface area contributed by atoms with Gasteiger partial charge in [-0.15, -0.1) is 0 Å². The zero-order valence-electron chi connectivity index (χ0n) is 6.03. The molecule has 0 fully saturated rings. The second kappa shape index (κ2) is 3.74. The van der Waals surface area contributed by atoms with E-state index in [4.69, 9.17) is 22.1 Å². The lowest BCUT2D eigenvalue weighted by Gasteiger charge is -1.95. The molecular weight excluding hydrogens is 176 g/mol. The molecule has 0 radical (unpaired) electrons. The molecule has 4 heteroatoms. The first-order valence-electron chi connectivity index (χ1n) is 3.15. The van der Waals surface area contributed by atoms with E-state index in [1.54, 1.807) is 12.1 Å². The molecule has 60 valence electrons. The predicted octanol–water partition coefficient (Wildman–Crippen LogP) is 2.02. The van der Waals surface area contributed by atoms with Crippen molar-refractivity contribution in [3.05, 3.63) is 34.3 Å². The van der Waals surface area contributed by atoms with Crippen LogP contribution in [0.4, 0.5) is 0 Å². The van der Waals surface area contributed by atoms with Gasteiger partial charge < -0.3 is 5.21 Å². The molecule has 0 saturated carbocycles. The molecule has 0 unspecified atom stereocenters. The van der Waals surface area contributed by atoms with Crippen molar-refractivity contribution in [3.63, 3.8) is 0 Å². The molecule has 0 saturated heterocycles. The summed E-state index contributed by atoms with van der Waals surface area (Å²) in [5.74, 6) is 0. The summed E-state index contributed by atoms with van der Waals surface area (Å²) in [6, 6.07) is 6.67. The first kappa shape index (κ1) is 8.57. The van der Waals surface area contributed by atoms with Gasteiger partial charge in [-0.3, -0.25) is 0 Å². The largest absolute Gasteiger partial charge is 0.411 e. The first-order chi connectivity index (χ1) is 5.77. The van der Waals surface area contributed by atoms with E-state index < -0.39 is 0 Å². The van der Waals surface area contributed by atoms with E-state index >= 15 is 0 Å². The van der Waals surface area contributed by atoms with Gasteiger partial charge in [0.2, 0.25) is 0 Å². The molecule has 1 rings (SSSR count). The molecule has 0 spiro atoms. The minimum atomic E-state index is 0.395. The Bertz CT molecular complexity index is 355. The minimum Gasteiger partial charge on any atom is -0.411 e. The predicted molar refractivity (Wildman–Crippen MR) is 45.5 cm³/mol. The summed E-state index contributed by atoms with van der Waals surface area (Å²) in [5, 5.41) is 19.9. The van der Waals surface area contributed by atoms with Gasteiger partial charge in [0.1, 0.15) is 0 Å². The molecule has 0 bridgehead atoms. The molecule has 0 aliphatic rings. The standard InChI is InChI=1S/C8H5ClN2O/c9-8-3-6(4-10)1-2-7(8)5-11-12/h1-3,5,12H/b11-5-. The van der Waals surface area contributed by atoms with Crippen molar-refractivity contribution in [3.8, 4) is 6.07 Å². The van der Waals surface area contributed by atoms with Crippen LogP contribution in [-0.2, 0) is 0 Å². The molecule has 1 aromatic rings. The van der Waals surface area contributed by atoms with Gasteiger partial charge in [-0.1, -0.05) is 22.8 Å². The van der Waals surface area contributed by atoms with Crippen molar-refractivity contribution in [2.45, 2.75) is 0 Å². The van der Waals surface area contributed by atoms with Crippen molar-refractivity contribution in [1.29, 1.82) is 5.26 Å². The van der Waals surface area contributed by atoms with Gasteiger partial charge in [0.25, 0.3) is 0 Å². The van der Waals surface area contributed by atoms with E-state index in [1.807, 2.05) is 6.07 Å². The Morgan fingerprint density at radius 1 is 1.58 bits per heavy atom. The lowest BCUT2D eigenvalue weighted by molar-refractivity contribution is 0.322. The zero-order chi connectivity index (χ0) is 8.97. The van der Waals surface area contributed by atoms with Gasteiger partial charge >= 0.3 is 0 Å². The number of hydrogen-bond donors (Lipinski definition) is 1. The van der Waals surface area contributed by atoms with Gasteiger partial charge in [0, 0.05) is 5.56 Å². The Morgan fingerprint density at radius 2 is 2.33 bits per heavy atom. The van der Waals surface area contributed by atoms with Gasteiger partial charge in [0.15, 0.2) is 0 Å². The summed E-state index contributed by atoms with van der Waals surface area (Å²) in [7, 11) is 0. The molecule has 12 heavy (non-hydrogen) atoms. The van der Waals surface area contributed by atoms with Crippen molar-refractivity contribution in [2.75, 3.05) is 0 Å². The van der Waals surface area contributed by atoms with Crippen molar-refractivity contribution in [1.82, 2.24) is 0 Å². The quantitative estimate of drug-likeness (QED) is 0.408. The van der Waals surface area contributed by atoms with Crippen LogP contribution >= 0.6 is 11.6 Å². The van der Waals surface area contributed by atoms with E-state index in [1.165, 1.54) is 12.3 Å². The number of oxime groups is 1. The number of nitriles is 1. The number of benzene rings is 1. The van der Waals surface area contributed by atoms with Crippen LogP contribution in [0.1, 0.15) is 11.1 Å². The fraction of sp³-hybridized carbons (Fsp3) is 0. The van der Waals surface area contributed by atoms with Crippen LogP contribution in [0, 0.1) is 11.3 Å². The van der Waals surface area contributed by atoms with Crippen LogP contribution in [0.3, 0.4) is 0 Å². The average molecular weight is 181 g/mol. The average Bonchev–Trinajstić information content (AvgIpc) is 2.09. The molecule has 0 atom stereocenters. The number of hydrogen-bond acceptors (Lipinski definition) is 3. The Kier molecular flexibility index (Phi) is 2.67. The van der Waals surface area contributed by atoms with Crippen molar-refractivity contribution >= 4 is 17.8 Å². The maximum atomic E-state index is 8.49. The fourth-order valence-electron chi connectivity index (χ4n) is 0.764. The Hall–Kier alpha value is -1.53. The second-order valence-corrected chi connectivity index (χ2v) is 2.50. The van der Waals surface area contributed by atoms with Gasteiger partial charge in [-0.2, -0.15) is 5.26 Å². The van der Waals surface area contributed by atoms with Crippen LogP contribution in [0.15, 0.2) is 23.4 Å². The zero-order valence-corrected chi connectivity index (χ0v) is 6.78. The van der Waals surface area contributed by atoms with Crippen molar-refractivity contribution < 1.29 is 5.21 Å². The Balaban J connectivity index is 3.14. The third kappa shape index (κ3) is 1.74. The van der Waals surface area contributed by atoms with E-state index in [9.17, 15) is 0 Å². The molecule has 0 aromatic heterocycles. The van der Waals surface area contributed by atoms with Gasteiger partial charge in [-0.05, 0) is 12.1 Å². The SMILES string of the molecule is N#Cc1ccc(/C=N\O)c(Cl)c1. The van der Waals surface area contributed by atoms with Crippen LogP contribution in [0.5, 0.6) is 0 Å². The van der Waals surface area contributed by atoms with E-state index in [2.05, 4.69) is 5.16 Å². The molecule has 1 N–H and O–H groups in total. The van der Waals surface area contributed by atoms with Crippen molar-refractivity contribution in [2.24, 2.45) is 5.16 Å². The maximum absolute atomic E-state index is 8.49. The summed E-state index contributed by atoms with van der Waals surface area (Å²) in [5.41, 5.74) is 1.06. The summed E-state index contributed by atoms with van der Waals surface area (Å²) in [4.78, 5) is 0. The highest BCUT2D eigenvalue weighted by molar-refractivity contribution is 6.33. The number of rotatable bonds is 1. The summed E-state index contributed by atoms with van der Waals surface area (Å²) >= 11 is 5.73. The van der Waals surface area contributed by atoms with Crippen LogP contribution in [0.25, 0.3) is 0 Å². The van der Waals surface area contributed by atoms with Gasteiger partial charge in [-0.25, -0.2) is 0 Å². The fourth-order valence-corrected chi connectivity index (χ4v) is 0.993. The molecular formula is C8H5ClN2O. The lowest BCUT2D eigenvalue weighted by Crippen LogP contribution is -1.84. The molecule has 0 amide bonds. The first-order valence-corrected chi connectivity index (χ1v) is 3.53. The summed E-state index contributed by atoms with van der Waals surface area (Å²) in [6.45, 7) is 0. The monoisotopic (exact) mass is 180 g/mol. The molecule has 0 heterocycles. The third-order valence-corrected chi connectivity index (χ3v) is 1.65. The molecule has 1 aromatic carbocycles. The molecule has 0 aliphatic heterocycles. The summed E-state index contributed by atoms with van der Waals surface area (Å²) in [6.07, 6.45) is 1.21. The van der Waals surface area contributed by atoms with E-state index in [0.29, 0.717) is 16.1 Å². The lowest BCUT2D eigenvalue weighted by atomic mass is 10.2. The van der Waals surface area contributed by atoms with Gasteiger partial charge in [0.05, 0.1) is 22.9 Å². The highest BCUT2D eigenvalue weighted by Crippen LogP contribution is 2.15. The smallest absolute Gasteiger partial charge is 0.0992 e. The maximum Gasteiger partial charge on any atom is 0.0992 e. The van der Waals surface area contributed by atoms with Crippen LogP contribution < -0.4 is 0 Å². The normalized spacial score (nSPS) is 10.0. The Labute approximate surface area is 74.5 Å². The molecule has 3 nitrogen and oxygen atoms in total. The van der Waals surface area contributed by atoms with Crippen LogP contribution in [-0.4, -0.2) is 11.4 Å². The second-order valence-electron chi connectivity index (χ2n) is 2.09. The molecule has 0 aliphatic carbocycles. The Morgan fingerprint density at radius 3 is 2.83 bits per heavy atom. The van der Waals surface area contributed by atoms with Crippen LogP contribution in [0.2, 0.25) is 5.02 Å². The minimum absolute atomic E-state index is 0.395. The topological polar surface area (TPSA) is 56.4 Å². The van der Waals surface area contributed by atoms with E-state index in [-0.39, 0.29) is 0 Å². The third-order valence-electron chi connectivity index (χ3n) is 1.33. The highest BCUT2D eigenvalue weighted by Gasteiger charge is 1.98. The number of halogens is 1. The highest BCUT2D eigenvalue weighted by atomic mass is 35.5. The summed E-state index contributed by atoms with van der Waals surface area (Å²) < 4.78 is 0. The van der Waals surface area contributed by atoms with E-state index in [0.717, 1.165) is 0 Å². The number of nitrogens with zero attached hydrogens (tertiary/aromatic N) is 2.